The zero-order valence-corrected chi connectivity index (χ0v) is 14.1. The molecule has 116 valence electrons. The third kappa shape index (κ3) is 4.27. The summed E-state index contributed by atoms with van der Waals surface area (Å²) in [7, 11) is 0. The molecule has 2 atom stereocenters. The Morgan fingerprint density at radius 2 is 2.24 bits per heavy atom. The predicted molar refractivity (Wildman–Crippen MR) is 90.4 cm³/mol. The second-order valence-corrected chi connectivity index (χ2v) is 6.71. The van der Waals surface area contributed by atoms with Crippen LogP contribution in [-0.2, 0) is 0 Å². The molecule has 4 nitrogen and oxygen atoms in total. The van der Waals surface area contributed by atoms with Crippen molar-refractivity contribution in [3.05, 3.63) is 22.8 Å². The highest BCUT2D eigenvalue weighted by Gasteiger charge is 2.26. The molecule has 1 fully saturated rings. The molecule has 0 saturated heterocycles. The first kappa shape index (κ1) is 16.4. The smallest absolute Gasteiger partial charge is 0.253 e. The molecule has 1 amide bonds. The normalized spacial score (nSPS) is 21.9. The Hall–Kier alpha value is -0.940. The number of hydrogen-bond acceptors (Lipinski definition) is 4. The van der Waals surface area contributed by atoms with Gasteiger partial charge in [0, 0.05) is 24.0 Å². The molecule has 1 aliphatic carbocycles. The van der Waals surface area contributed by atoms with Crippen molar-refractivity contribution in [1.29, 1.82) is 0 Å². The Morgan fingerprint density at radius 1 is 1.48 bits per heavy atom. The molecule has 1 aromatic heterocycles. The molecule has 1 saturated carbocycles. The lowest BCUT2D eigenvalue weighted by Gasteiger charge is -2.30. The van der Waals surface area contributed by atoms with E-state index in [0.29, 0.717) is 21.7 Å². The summed E-state index contributed by atoms with van der Waals surface area (Å²) >= 11 is 7.98. The fraction of sp³-hybridized carbons (Fsp3) is 0.600. The number of aromatic nitrogens is 1. The van der Waals surface area contributed by atoms with Gasteiger partial charge in [-0.3, -0.25) is 4.79 Å². The number of carbonyl (C=O) groups is 1. The zero-order chi connectivity index (χ0) is 15.2. The molecule has 2 unspecified atom stereocenters. The van der Waals surface area contributed by atoms with Crippen LogP contribution in [0.15, 0.2) is 12.3 Å². The van der Waals surface area contributed by atoms with Gasteiger partial charge in [0.2, 0.25) is 0 Å². The minimum Gasteiger partial charge on any atom is -0.369 e. The van der Waals surface area contributed by atoms with Gasteiger partial charge in [-0.2, -0.15) is 11.8 Å². The van der Waals surface area contributed by atoms with E-state index in [9.17, 15) is 4.79 Å². The predicted octanol–water partition coefficient (Wildman–Crippen LogP) is 3.57. The molecular weight excluding hydrogens is 306 g/mol. The van der Waals surface area contributed by atoms with Crippen LogP contribution in [0, 0.1) is 0 Å². The van der Waals surface area contributed by atoms with Crippen molar-refractivity contribution >= 4 is 35.1 Å². The molecule has 1 heterocycles. The number of pyridine rings is 1. The van der Waals surface area contributed by atoms with E-state index in [1.165, 1.54) is 19.3 Å². The lowest BCUT2D eigenvalue weighted by atomic mass is 9.94. The third-order valence-corrected chi connectivity index (χ3v) is 5.23. The van der Waals surface area contributed by atoms with Gasteiger partial charge >= 0.3 is 0 Å². The van der Waals surface area contributed by atoms with Crippen LogP contribution < -0.4 is 10.6 Å². The maximum absolute atomic E-state index is 12.4. The fourth-order valence-corrected chi connectivity index (χ4v) is 3.82. The number of halogens is 1. The summed E-state index contributed by atoms with van der Waals surface area (Å²) in [6, 6.07) is 1.92. The molecule has 0 aliphatic heterocycles. The number of anilines is 1. The van der Waals surface area contributed by atoms with Crippen molar-refractivity contribution in [1.82, 2.24) is 10.3 Å². The average Bonchev–Trinajstić information content (AvgIpc) is 2.50. The van der Waals surface area contributed by atoms with Crippen LogP contribution in [0.25, 0.3) is 0 Å². The molecule has 2 rings (SSSR count). The van der Waals surface area contributed by atoms with E-state index in [-0.39, 0.29) is 11.9 Å². The SMILES string of the molecule is CCNc1ncc(C(=O)NC2CCCCC2SC)cc1Cl. The summed E-state index contributed by atoms with van der Waals surface area (Å²) in [4.78, 5) is 16.6. The second kappa shape index (κ2) is 7.90. The van der Waals surface area contributed by atoms with E-state index in [1.807, 2.05) is 18.7 Å². The second-order valence-electron chi connectivity index (χ2n) is 5.22. The van der Waals surface area contributed by atoms with E-state index in [2.05, 4.69) is 21.9 Å². The van der Waals surface area contributed by atoms with Gasteiger partial charge in [0.1, 0.15) is 5.82 Å². The molecule has 6 heteroatoms. The van der Waals surface area contributed by atoms with Crippen LogP contribution in [-0.4, -0.2) is 35.0 Å². The highest BCUT2D eigenvalue weighted by molar-refractivity contribution is 7.99. The third-order valence-electron chi connectivity index (χ3n) is 3.77. The molecule has 0 radical (unpaired) electrons. The first-order valence-electron chi connectivity index (χ1n) is 7.38. The van der Waals surface area contributed by atoms with Gasteiger partial charge in [0.25, 0.3) is 5.91 Å². The van der Waals surface area contributed by atoms with E-state index in [1.54, 1.807) is 12.3 Å². The Kier molecular flexibility index (Phi) is 6.18. The average molecular weight is 328 g/mol. The van der Waals surface area contributed by atoms with Crippen molar-refractivity contribution in [2.45, 2.75) is 43.9 Å². The maximum atomic E-state index is 12.4. The molecule has 2 N–H and O–H groups in total. The number of rotatable bonds is 5. The van der Waals surface area contributed by atoms with Crippen molar-refractivity contribution in [3.63, 3.8) is 0 Å². The van der Waals surface area contributed by atoms with Crippen molar-refractivity contribution in [2.75, 3.05) is 18.1 Å². The Bertz CT molecular complexity index is 498. The van der Waals surface area contributed by atoms with E-state index in [4.69, 9.17) is 11.6 Å². The lowest BCUT2D eigenvalue weighted by Crippen LogP contribution is -2.43. The summed E-state index contributed by atoms with van der Waals surface area (Å²) in [5, 5.41) is 7.19. The standard InChI is InChI=1S/C15H22ClN3OS/c1-3-17-14-11(16)8-10(9-18-14)15(20)19-12-6-4-5-7-13(12)21-2/h8-9,12-13H,3-7H2,1-2H3,(H,17,18)(H,19,20). The quantitative estimate of drug-likeness (QED) is 0.868. The van der Waals surface area contributed by atoms with Crippen LogP contribution in [0.4, 0.5) is 5.82 Å². The number of nitrogens with one attached hydrogen (secondary N) is 2. The van der Waals surface area contributed by atoms with Crippen LogP contribution in [0.3, 0.4) is 0 Å². The summed E-state index contributed by atoms with van der Waals surface area (Å²) in [5.74, 6) is 0.536. The van der Waals surface area contributed by atoms with E-state index >= 15 is 0 Å². The largest absolute Gasteiger partial charge is 0.369 e. The van der Waals surface area contributed by atoms with Gasteiger partial charge in [0.15, 0.2) is 0 Å². The Balaban J connectivity index is 2.04. The summed E-state index contributed by atoms with van der Waals surface area (Å²) in [6.07, 6.45) is 8.34. The molecular formula is C15H22ClN3OS. The summed E-state index contributed by atoms with van der Waals surface area (Å²) < 4.78 is 0. The Labute approximate surface area is 135 Å². The highest BCUT2D eigenvalue weighted by atomic mass is 35.5. The van der Waals surface area contributed by atoms with Crippen molar-refractivity contribution in [3.8, 4) is 0 Å². The summed E-state index contributed by atoms with van der Waals surface area (Å²) in [6.45, 7) is 2.72. The lowest BCUT2D eigenvalue weighted by molar-refractivity contribution is 0.0929. The van der Waals surface area contributed by atoms with Crippen LogP contribution >= 0.6 is 23.4 Å². The van der Waals surface area contributed by atoms with Gasteiger partial charge in [-0.1, -0.05) is 24.4 Å². The van der Waals surface area contributed by atoms with E-state index < -0.39 is 0 Å². The number of nitrogens with zero attached hydrogens (tertiary/aromatic N) is 1. The fourth-order valence-electron chi connectivity index (χ4n) is 2.66. The number of hydrogen-bond donors (Lipinski definition) is 2. The van der Waals surface area contributed by atoms with Gasteiger partial charge in [-0.05, 0) is 32.1 Å². The van der Waals surface area contributed by atoms with Crippen molar-refractivity contribution < 1.29 is 4.79 Å². The van der Waals surface area contributed by atoms with Crippen LogP contribution in [0.2, 0.25) is 5.02 Å². The Morgan fingerprint density at radius 3 is 2.90 bits per heavy atom. The molecule has 21 heavy (non-hydrogen) atoms. The minimum absolute atomic E-state index is 0.0848. The zero-order valence-electron chi connectivity index (χ0n) is 12.5. The topological polar surface area (TPSA) is 54.0 Å². The minimum atomic E-state index is -0.0848. The van der Waals surface area contributed by atoms with Gasteiger partial charge in [0.05, 0.1) is 10.6 Å². The highest BCUT2D eigenvalue weighted by Crippen LogP contribution is 2.27. The summed E-state index contributed by atoms with van der Waals surface area (Å²) in [5.41, 5.74) is 0.520. The molecule has 0 aromatic carbocycles. The van der Waals surface area contributed by atoms with Crippen LogP contribution in [0.1, 0.15) is 43.0 Å². The molecule has 1 aromatic rings. The monoisotopic (exact) mass is 327 g/mol. The molecule has 0 spiro atoms. The van der Waals surface area contributed by atoms with Gasteiger partial charge in [-0.25, -0.2) is 4.98 Å². The van der Waals surface area contributed by atoms with E-state index in [0.717, 1.165) is 13.0 Å². The molecule has 0 bridgehead atoms. The maximum Gasteiger partial charge on any atom is 0.253 e. The number of amides is 1. The molecule has 1 aliphatic rings. The number of carbonyl (C=O) groups excluding carboxylic acids is 1. The van der Waals surface area contributed by atoms with Gasteiger partial charge in [-0.15, -0.1) is 0 Å². The number of thioether (sulfide) groups is 1. The van der Waals surface area contributed by atoms with Crippen LogP contribution in [0.5, 0.6) is 0 Å². The first-order valence-corrected chi connectivity index (χ1v) is 9.05. The first-order chi connectivity index (χ1) is 10.2. The van der Waals surface area contributed by atoms with Crippen molar-refractivity contribution in [2.24, 2.45) is 0 Å². The van der Waals surface area contributed by atoms with Gasteiger partial charge < -0.3 is 10.6 Å².